The van der Waals surface area contributed by atoms with E-state index in [2.05, 4.69) is 10.6 Å². The Morgan fingerprint density at radius 2 is 1.17 bits per heavy atom. The number of rotatable bonds is 14. The van der Waals surface area contributed by atoms with Crippen molar-refractivity contribution in [1.82, 2.24) is 16.0 Å². The zero-order valence-electron chi connectivity index (χ0n) is 15.9. The highest BCUT2D eigenvalue weighted by molar-refractivity contribution is 5.96. The second-order valence-electron chi connectivity index (χ2n) is 6.13. The molecule has 0 heterocycles. The van der Waals surface area contributed by atoms with E-state index in [4.69, 9.17) is 28.0 Å². The number of hydrogen-bond acceptors (Lipinski definition) is 8. The lowest BCUT2D eigenvalue weighted by Gasteiger charge is -2.23. The first kappa shape index (κ1) is 26.2. The number of nitrogens with one attached hydrogen (secondary N) is 3. The van der Waals surface area contributed by atoms with Gasteiger partial charge in [0.25, 0.3) is 0 Å². The minimum Gasteiger partial charge on any atom is -0.480 e. The summed E-state index contributed by atoms with van der Waals surface area (Å²) in [5.41, 5.74) is 20.1. The van der Waals surface area contributed by atoms with E-state index in [1.807, 2.05) is 5.32 Å². The van der Waals surface area contributed by atoms with Crippen molar-refractivity contribution in [2.45, 2.75) is 43.8 Å². The highest BCUT2D eigenvalue weighted by atomic mass is 16.4. The van der Waals surface area contributed by atoms with E-state index in [9.17, 15) is 33.6 Å². The van der Waals surface area contributed by atoms with E-state index in [0.29, 0.717) is 0 Å². The number of aliphatic carboxylic acids is 1. The smallest absolute Gasteiger partial charge is 0.326 e. The number of carbonyl (C=O) groups excluding carboxylic acids is 6. The fraction of sp³-hybridized carbons (Fsp3) is 0.533. The van der Waals surface area contributed by atoms with Gasteiger partial charge in [-0.3, -0.25) is 28.8 Å². The molecule has 0 saturated carbocycles. The third-order valence-corrected chi connectivity index (χ3v) is 3.57. The Labute approximate surface area is 170 Å². The highest BCUT2D eigenvalue weighted by Gasteiger charge is 2.30. The molecule has 0 saturated heterocycles. The van der Waals surface area contributed by atoms with Gasteiger partial charge in [-0.15, -0.1) is 0 Å². The maximum atomic E-state index is 12.4. The van der Waals surface area contributed by atoms with Gasteiger partial charge in [-0.2, -0.15) is 0 Å². The molecule has 12 N–H and O–H groups in total. The van der Waals surface area contributed by atoms with E-state index in [1.54, 1.807) is 0 Å². The van der Waals surface area contributed by atoms with E-state index < -0.39 is 78.9 Å². The third kappa shape index (κ3) is 10.5. The van der Waals surface area contributed by atoms with Crippen LogP contribution in [0, 0.1) is 0 Å². The van der Waals surface area contributed by atoms with Gasteiger partial charge in [0, 0.05) is 6.42 Å². The van der Waals surface area contributed by atoms with Crippen molar-refractivity contribution < 1.29 is 38.7 Å². The molecule has 0 aromatic rings. The number of hydrogen-bond donors (Lipinski definition) is 8. The van der Waals surface area contributed by atoms with Crippen molar-refractivity contribution in [3.63, 3.8) is 0 Å². The molecular formula is C15H25N7O8. The monoisotopic (exact) mass is 431 g/mol. The Bertz CT molecular complexity index is 711. The zero-order chi connectivity index (χ0) is 23.4. The lowest BCUT2D eigenvalue weighted by atomic mass is 10.1. The first-order chi connectivity index (χ1) is 13.9. The van der Waals surface area contributed by atoms with E-state index >= 15 is 0 Å². The summed E-state index contributed by atoms with van der Waals surface area (Å²) in [5.74, 6) is -7.22. The van der Waals surface area contributed by atoms with E-state index in [0.717, 1.165) is 0 Å². The van der Waals surface area contributed by atoms with Crippen molar-refractivity contribution >= 4 is 41.4 Å². The molecule has 0 aromatic carbocycles. The van der Waals surface area contributed by atoms with Gasteiger partial charge < -0.3 is 44.0 Å². The van der Waals surface area contributed by atoms with Crippen molar-refractivity contribution in [3.8, 4) is 0 Å². The van der Waals surface area contributed by atoms with Crippen LogP contribution in [0.5, 0.6) is 0 Å². The fourth-order valence-electron chi connectivity index (χ4n) is 2.17. The Morgan fingerprint density at radius 3 is 1.60 bits per heavy atom. The largest absolute Gasteiger partial charge is 0.480 e. The molecule has 0 aliphatic rings. The maximum Gasteiger partial charge on any atom is 0.326 e. The standard InChI is InChI=1S/C15H25N7O8/c16-5-12(26)20-7(3-10(18)24)14(28)21-6(1-2-9(17)23)13(27)22-8(15(29)30)4-11(19)25/h6-8H,1-5,16H2,(H2,17,23)(H2,18,24)(H2,19,25)(H,20,26)(H,21,28)(H,22,27)(H,29,30). The first-order valence-electron chi connectivity index (χ1n) is 8.55. The molecule has 0 aliphatic heterocycles. The SMILES string of the molecule is NCC(=O)NC(CC(N)=O)C(=O)NC(CCC(N)=O)C(=O)NC(CC(N)=O)C(=O)O. The van der Waals surface area contributed by atoms with Crippen LogP contribution >= 0.6 is 0 Å². The molecule has 3 unspecified atom stereocenters. The van der Waals surface area contributed by atoms with Crippen LogP contribution in [0.15, 0.2) is 0 Å². The lowest BCUT2D eigenvalue weighted by molar-refractivity contribution is -0.144. The predicted octanol–water partition coefficient (Wildman–Crippen LogP) is -5.50. The summed E-state index contributed by atoms with van der Waals surface area (Å²) >= 11 is 0. The zero-order valence-corrected chi connectivity index (χ0v) is 15.9. The molecule has 15 nitrogen and oxygen atoms in total. The summed E-state index contributed by atoms with van der Waals surface area (Å²) in [4.78, 5) is 80.6. The molecular weight excluding hydrogens is 406 g/mol. The number of primary amides is 3. The molecule has 0 fully saturated rings. The summed E-state index contributed by atoms with van der Waals surface area (Å²) in [6.07, 6.45) is -2.07. The fourth-order valence-corrected chi connectivity index (χ4v) is 2.17. The predicted molar refractivity (Wildman–Crippen MR) is 98.5 cm³/mol. The minimum atomic E-state index is -1.69. The summed E-state index contributed by atoms with van der Waals surface area (Å²) in [7, 11) is 0. The summed E-state index contributed by atoms with van der Waals surface area (Å²) in [5, 5.41) is 15.4. The third-order valence-electron chi connectivity index (χ3n) is 3.57. The average Bonchev–Trinajstić information content (AvgIpc) is 2.62. The van der Waals surface area contributed by atoms with Gasteiger partial charge in [0.1, 0.15) is 18.1 Å². The quantitative estimate of drug-likeness (QED) is 0.130. The Kier molecular flexibility index (Phi) is 11.1. The van der Waals surface area contributed by atoms with E-state index in [-0.39, 0.29) is 12.8 Å². The summed E-state index contributed by atoms with van der Waals surface area (Å²) < 4.78 is 0. The van der Waals surface area contributed by atoms with Gasteiger partial charge in [0.2, 0.25) is 35.4 Å². The van der Waals surface area contributed by atoms with Gasteiger partial charge >= 0.3 is 5.97 Å². The minimum absolute atomic E-state index is 0.343. The van der Waals surface area contributed by atoms with Crippen LogP contribution in [0.3, 0.4) is 0 Å². The normalized spacial score (nSPS) is 13.2. The van der Waals surface area contributed by atoms with Gasteiger partial charge in [0.05, 0.1) is 19.4 Å². The van der Waals surface area contributed by atoms with Crippen LogP contribution in [-0.4, -0.2) is 71.2 Å². The average molecular weight is 431 g/mol. The maximum absolute atomic E-state index is 12.4. The number of nitrogens with two attached hydrogens (primary N) is 4. The molecule has 0 spiro atoms. The molecule has 3 atom stereocenters. The van der Waals surface area contributed by atoms with Crippen LogP contribution in [0.25, 0.3) is 0 Å². The number of carbonyl (C=O) groups is 7. The first-order valence-corrected chi connectivity index (χ1v) is 8.55. The number of carboxylic acid groups (broad SMARTS) is 1. The molecule has 0 radical (unpaired) electrons. The van der Waals surface area contributed by atoms with Crippen molar-refractivity contribution in [1.29, 1.82) is 0 Å². The molecule has 15 heteroatoms. The van der Waals surface area contributed by atoms with Crippen LogP contribution in [0.4, 0.5) is 0 Å². The molecule has 168 valence electrons. The molecule has 30 heavy (non-hydrogen) atoms. The van der Waals surface area contributed by atoms with Gasteiger partial charge in [-0.05, 0) is 6.42 Å². The second-order valence-corrected chi connectivity index (χ2v) is 6.13. The van der Waals surface area contributed by atoms with Gasteiger partial charge in [-0.25, -0.2) is 4.79 Å². The summed E-state index contributed by atoms with van der Waals surface area (Å²) in [6, 6.07) is -4.67. The molecule has 0 aliphatic carbocycles. The highest BCUT2D eigenvalue weighted by Crippen LogP contribution is 2.03. The van der Waals surface area contributed by atoms with Crippen molar-refractivity contribution in [2.75, 3.05) is 6.54 Å². The topological polar surface area (TPSA) is 280 Å². The van der Waals surface area contributed by atoms with Crippen LogP contribution in [-0.2, 0) is 33.6 Å². The second kappa shape index (κ2) is 12.7. The molecule has 0 rings (SSSR count). The molecule has 0 bridgehead atoms. The van der Waals surface area contributed by atoms with E-state index in [1.165, 1.54) is 0 Å². The number of carboxylic acids is 1. The van der Waals surface area contributed by atoms with Crippen molar-refractivity contribution in [3.05, 3.63) is 0 Å². The Morgan fingerprint density at radius 1 is 0.700 bits per heavy atom. The molecule has 0 aromatic heterocycles. The van der Waals surface area contributed by atoms with Crippen molar-refractivity contribution in [2.24, 2.45) is 22.9 Å². The lowest BCUT2D eigenvalue weighted by Crippen LogP contribution is -2.57. The summed E-state index contributed by atoms with van der Waals surface area (Å²) in [6.45, 7) is -0.498. The van der Waals surface area contributed by atoms with Gasteiger partial charge in [0.15, 0.2) is 0 Å². The number of amides is 6. The molecule has 6 amide bonds. The van der Waals surface area contributed by atoms with Crippen LogP contribution in [0.2, 0.25) is 0 Å². The Hall–Kier alpha value is -3.75. The van der Waals surface area contributed by atoms with Crippen LogP contribution in [0.1, 0.15) is 25.7 Å². The van der Waals surface area contributed by atoms with Gasteiger partial charge in [-0.1, -0.05) is 0 Å². The Balaban J connectivity index is 5.48. The van der Waals surface area contributed by atoms with Crippen LogP contribution < -0.4 is 38.9 Å².